The molecular formula is C52H101NO4. The van der Waals surface area contributed by atoms with Crippen molar-refractivity contribution >= 4 is 5.91 Å². The number of carbonyl (C=O) groups is 1. The highest BCUT2D eigenvalue weighted by Crippen LogP contribution is 2.17. The van der Waals surface area contributed by atoms with E-state index in [4.69, 9.17) is 0 Å². The van der Waals surface area contributed by atoms with Gasteiger partial charge >= 0.3 is 0 Å². The van der Waals surface area contributed by atoms with Gasteiger partial charge in [0.25, 0.3) is 0 Å². The molecular weight excluding hydrogens is 703 g/mol. The molecule has 5 heteroatoms. The number of hydrogen-bond donors (Lipinski definition) is 4. The SMILES string of the molecule is CCCCCCCCCCC/C=C/CC/C=C/C(O)C(CO)NC(=O)C(O)CCCCCCCCCCCCCCCCCCCCCCCCCCCCCC. The van der Waals surface area contributed by atoms with Gasteiger partial charge in [0.05, 0.1) is 18.8 Å². The largest absolute Gasteiger partial charge is 0.394 e. The minimum Gasteiger partial charge on any atom is -0.394 e. The first kappa shape index (κ1) is 55.8. The third-order valence-corrected chi connectivity index (χ3v) is 12.0. The van der Waals surface area contributed by atoms with Crippen molar-refractivity contribution in [2.24, 2.45) is 0 Å². The molecule has 4 N–H and O–H groups in total. The van der Waals surface area contributed by atoms with Crippen molar-refractivity contribution < 1.29 is 20.1 Å². The fraction of sp³-hybridized carbons (Fsp3) is 0.904. The highest BCUT2D eigenvalue weighted by atomic mass is 16.3. The van der Waals surface area contributed by atoms with E-state index in [0.717, 1.165) is 38.5 Å². The minimum absolute atomic E-state index is 0.373. The number of amides is 1. The smallest absolute Gasteiger partial charge is 0.249 e. The van der Waals surface area contributed by atoms with Crippen LogP contribution in [0.2, 0.25) is 0 Å². The van der Waals surface area contributed by atoms with Crippen LogP contribution in [0, 0.1) is 0 Å². The number of unbranched alkanes of at least 4 members (excludes halogenated alkanes) is 37. The summed E-state index contributed by atoms with van der Waals surface area (Å²) in [5, 5.41) is 33.2. The van der Waals surface area contributed by atoms with Gasteiger partial charge in [0.1, 0.15) is 6.10 Å². The van der Waals surface area contributed by atoms with E-state index in [2.05, 4.69) is 31.3 Å². The molecule has 1 amide bonds. The van der Waals surface area contributed by atoms with Crippen molar-refractivity contribution in [3.05, 3.63) is 24.3 Å². The van der Waals surface area contributed by atoms with E-state index in [0.29, 0.717) is 6.42 Å². The Hall–Kier alpha value is -1.17. The molecule has 5 nitrogen and oxygen atoms in total. The summed E-state index contributed by atoms with van der Waals surface area (Å²) in [6, 6.07) is -0.811. The molecule has 0 aliphatic rings. The molecule has 0 aromatic carbocycles. The average Bonchev–Trinajstić information content (AvgIpc) is 3.22. The Morgan fingerprint density at radius 2 is 0.719 bits per heavy atom. The van der Waals surface area contributed by atoms with Gasteiger partial charge in [-0.25, -0.2) is 0 Å². The summed E-state index contributed by atoms with van der Waals surface area (Å²) in [7, 11) is 0. The summed E-state index contributed by atoms with van der Waals surface area (Å²) >= 11 is 0. The summed E-state index contributed by atoms with van der Waals surface area (Å²) < 4.78 is 0. The molecule has 0 aromatic rings. The Morgan fingerprint density at radius 1 is 0.421 bits per heavy atom. The van der Waals surface area contributed by atoms with Crippen LogP contribution in [-0.2, 0) is 4.79 Å². The third kappa shape index (κ3) is 42.8. The second-order valence-corrected chi connectivity index (χ2v) is 17.7. The molecule has 0 radical (unpaired) electrons. The zero-order valence-electron chi connectivity index (χ0n) is 38.5. The molecule has 0 spiro atoms. The van der Waals surface area contributed by atoms with Gasteiger partial charge in [-0.15, -0.1) is 0 Å². The van der Waals surface area contributed by atoms with Crippen LogP contribution >= 0.6 is 0 Å². The monoisotopic (exact) mass is 804 g/mol. The van der Waals surface area contributed by atoms with Gasteiger partial charge in [-0.1, -0.05) is 269 Å². The summed E-state index contributed by atoms with van der Waals surface area (Å²) in [5.74, 6) is -0.508. The second-order valence-electron chi connectivity index (χ2n) is 17.7. The molecule has 0 aliphatic carbocycles. The molecule has 57 heavy (non-hydrogen) atoms. The highest BCUT2D eigenvalue weighted by Gasteiger charge is 2.22. The van der Waals surface area contributed by atoms with Crippen molar-refractivity contribution in [2.45, 2.75) is 295 Å². The normalized spacial score (nSPS) is 13.6. The molecule has 0 saturated heterocycles. The van der Waals surface area contributed by atoms with Crippen LogP contribution < -0.4 is 5.32 Å². The topological polar surface area (TPSA) is 89.8 Å². The van der Waals surface area contributed by atoms with Crippen molar-refractivity contribution in [3.63, 3.8) is 0 Å². The van der Waals surface area contributed by atoms with Gasteiger partial charge in [0, 0.05) is 0 Å². The van der Waals surface area contributed by atoms with Gasteiger partial charge in [-0.05, 0) is 32.1 Å². The van der Waals surface area contributed by atoms with E-state index in [9.17, 15) is 20.1 Å². The van der Waals surface area contributed by atoms with Crippen LogP contribution in [0.1, 0.15) is 277 Å². The first-order valence-corrected chi connectivity index (χ1v) is 25.7. The number of rotatable bonds is 47. The van der Waals surface area contributed by atoms with E-state index in [1.165, 1.54) is 218 Å². The van der Waals surface area contributed by atoms with E-state index in [1.807, 2.05) is 6.08 Å². The van der Waals surface area contributed by atoms with E-state index in [1.54, 1.807) is 6.08 Å². The van der Waals surface area contributed by atoms with Crippen LogP contribution in [0.15, 0.2) is 24.3 Å². The Bertz CT molecular complexity index is 844. The predicted molar refractivity (Wildman–Crippen MR) is 250 cm³/mol. The molecule has 0 aliphatic heterocycles. The van der Waals surface area contributed by atoms with Crippen molar-refractivity contribution in [1.29, 1.82) is 0 Å². The molecule has 3 atom stereocenters. The fourth-order valence-corrected chi connectivity index (χ4v) is 8.03. The predicted octanol–water partition coefficient (Wildman–Crippen LogP) is 15.3. The Morgan fingerprint density at radius 3 is 1.07 bits per heavy atom. The quantitative estimate of drug-likeness (QED) is 0.0364. The maximum Gasteiger partial charge on any atom is 0.249 e. The van der Waals surface area contributed by atoms with Crippen molar-refractivity contribution in [2.75, 3.05) is 6.61 Å². The molecule has 0 bridgehead atoms. The first-order chi connectivity index (χ1) is 28.1. The van der Waals surface area contributed by atoms with Crippen molar-refractivity contribution in [3.8, 4) is 0 Å². The van der Waals surface area contributed by atoms with Gasteiger partial charge in [-0.2, -0.15) is 0 Å². The second kappa shape index (κ2) is 47.5. The summed E-state index contributed by atoms with van der Waals surface area (Å²) in [5.41, 5.74) is 0. The van der Waals surface area contributed by atoms with Gasteiger partial charge in [-0.3, -0.25) is 4.79 Å². The standard InChI is InChI=1S/C52H101NO4/c1-3-5-7-9-11-13-15-17-19-20-21-22-23-24-25-26-27-28-29-30-31-33-35-37-39-41-43-45-47-51(56)52(57)53-49(48-54)50(55)46-44-42-40-38-36-34-32-18-16-14-12-10-8-6-4-2/h36,38,44,46,49-51,54-56H,3-35,37,39-43,45,47-48H2,1-2H3,(H,53,57)/b38-36+,46-44+. The van der Waals surface area contributed by atoms with Crippen molar-refractivity contribution in [1.82, 2.24) is 5.32 Å². The Balaban J connectivity index is 3.55. The zero-order chi connectivity index (χ0) is 41.5. The maximum absolute atomic E-state index is 12.5. The van der Waals surface area contributed by atoms with Gasteiger partial charge in [0.15, 0.2) is 0 Å². The van der Waals surface area contributed by atoms with E-state index >= 15 is 0 Å². The summed E-state index contributed by atoms with van der Waals surface area (Å²) in [4.78, 5) is 12.5. The van der Waals surface area contributed by atoms with Crippen LogP contribution in [0.25, 0.3) is 0 Å². The molecule has 3 unspecified atom stereocenters. The number of hydrogen-bond acceptors (Lipinski definition) is 4. The van der Waals surface area contributed by atoms with E-state index < -0.39 is 24.2 Å². The van der Waals surface area contributed by atoms with E-state index in [-0.39, 0.29) is 6.61 Å². The molecule has 338 valence electrons. The zero-order valence-corrected chi connectivity index (χ0v) is 38.5. The lowest BCUT2D eigenvalue weighted by atomic mass is 10.0. The summed E-state index contributed by atoms with van der Waals surface area (Å²) in [6.45, 7) is 4.19. The molecule has 0 fully saturated rings. The molecule has 0 rings (SSSR count). The van der Waals surface area contributed by atoms with Gasteiger partial charge in [0.2, 0.25) is 5.91 Å². The molecule has 0 aromatic heterocycles. The fourth-order valence-electron chi connectivity index (χ4n) is 8.03. The lowest BCUT2D eigenvalue weighted by Crippen LogP contribution is -2.48. The average molecular weight is 804 g/mol. The third-order valence-electron chi connectivity index (χ3n) is 12.0. The number of aliphatic hydroxyl groups excluding tert-OH is 3. The lowest BCUT2D eigenvalue weighted by Gasteiger charge is -2.21. The first-order valence-electron chi connectivity index (χ1n) is 25.7. The van der Waals surface area contributed by atoms with Gasteiger partial charge < -0.3 is 20.6 Å². The number of carbonyl (C=O) groups excluding carboxylic acids is 1. The highest BCUT2D eigenvalue weighted by molar-refractivity contribution is 5.80. The Labute approximate surface area is 356 Å². The number of nitrogens with one attached hydrogen (secondary N) is 1. The summed E-state index contributed by atoms with van der Waals surface area (Å²) in [6.07, 6.45) is 59.6. The van der Waals surface area contributed by atoms with Crippen LogP contribution in [-0.4, -0.2) is 46.1 Å². The molecule has 0 heterocycles. The van der Waals surface area contributed by atoms with Crippen LogP contribution in [0.5, 0.6) is 0 Å². The molecule has 0 saturated carbocycles. The minimum atomic E-state index is -1.10. The lowest BCUT2D eigenvalue weighted by molar-refractivity contribution is -0.131. The van der Waals surface area contributed by atoms with Crippen LogP contribution in [0.4, 0.5) is 0 Å². The maximum atomic E-state index is 12.5. The Kier molecular flexibility index (Phi) is 46.5. The van der Waals surface area contributed by atoms with Crippen LogP contribution in [0.3, 0.4) is 0 Å². The number of allylic oxidation sites excluding steroid dienone is 3. The number of aliphatic hydroxyl groups is 3.